The van der Waals surface area contributed by atoms with Gasteiger partial charge in [-0.15, -0.1) is 0 Å². The molecule has 0 aliphatic carbocycles. The number of nitrogens with one attached hydrogen (secondary N) is 1. The molecule has 5 heterocycles. The normalized spacial score (nSPS) is 27.0. The van der Waals surface area contributed by atoms with Gasteiger partial charge in [-0.25, -0.2) is 19.7 Å². The van der Waals surface area contributed by atoms with Gasteiger partial charge in [-0.3, -0.25) is 9.36 Å². The van der Waals surface area contributed by atoms with Crippen molar-refractivity contribution in [3.8, 4) is 11.8 Å². The second-order valence-corrected chi connectivity index (χ2v) is 10.3. The monoisotopic (exact) mass is 557 g/mol. The van der Waals surface area contributed by atoms with Gasteiger partial charge in [-0.1, -0.05) is 5.92 Å². The molecular formula is C26H35N7O7. The minimum atomic E-state index is -1.43. The number of imidazole rings is 1. The number of nitrogens with zero attached hydrogens (tertiary/aromatic N) is 5. The number of nitrogens with two attached hydrogens (primary N) is 1. The summed E-state index contributed by atoms with van der Waals surface area (Å²) in [6.45, 7) is 5.11. The van der Waals surface area contributed by atoms with Crippen LogP contribution in [-0.2, 0) is 19.0 Å². The number of likely N-dealkylation sites (N-methyl/N-ethyl adjacent to an activating group) is 1. The second kappa shape index (κ2) is 12.3. The van der Waals surface area contributed by atoms with E-state index in [1.165, 1.54) is 10.9 Å². The van der Waals surface area contributed by atoms with E-state index in [1.54, 1.807) is 11.8 Å². The number of fused-ring (bicyclic) bond motifs is 1. The number of hydrogen-bond donors (Lipinski definition) is 4. The first-order valence-corrected chi connectivity index (χ1v) is 13.6. The summed E-state index contributed by atoms with van der Waals surface area (Å²) < 4.78 is 17.9. The summed E-state index contributed by atoms with van der Waals surface area (Å²) in [5.74, 6) is 6.45. The van der Waals surface area contributed by atoms with Gasteiger partial charge in [-0.05, 0) is 38.0 Å². The molecule has 0 saturated carbocycles. The summed E-state index contributed by atoms with van der Waals surface area (Å²) in [7, 11) is 0. The number of aromatic nitrogens is 4. The van der Waals surface area contributed by atoms with Gasteiger partial charge in [0.1, 0.15) is 17.7 Å². The third kappa shape index (κ3) is 5.97. The van der Waals surface area contributed by atoms with E-state index in [0.717, 1.165) is 25.9 Å². The van der Waals surface area contributed by atoms with E-state index < -0.39 is 30.4 Å². The minimum Gasteiger partial charge on any atom is -0.449 e. The maximum atomic E-state index is 12.4. The van der Waals surface area contributed by atoms with Crippen molar-refractivity contribution in [3.05, 3.63) is 12.2 Å². The molecule has 3 aliphatic rings. The van der Waals surface area contributed by atoms with Crippen LogP contribution in [0.25, 0.3) is 11.2 Å². The summed E-state index contributed by atoms with van der Waals surface area (Å²) in [5.41, 5.74) is 6.65. The van der Waals surface area contributed by atoms with E-state index in [-0.39, 0.29) is 34.8 Å². The highest BCUT2D eigenvalue weighted by Crippen LogP contribution is 2.32. The highest BCUT2D eigenvalue weighted by atomic mass is 16.6. The molecule has 5 rings (SSSR count). The van der Waals surface area contributed by atoms with E-state index in [2.05, 4.69) is 32.1 Å². The van der Waals surface area contributed by atoms with E-state index in [9.17, 15) is 19.8 Å². The van der Waals surface area contributed by atoms with Gasteiger partial charge in [0, 0.05) is 38.6 Å². The van der Waals surface area contributed by atoms with Crippen molar-refractivity contribution in [1.82, 2.24) is 29.7 Å². The lowest BCUT2D eigenvalue weighted by atomic mass is 9.94. The lowest BCUT2D eigenvalue weighted by molar-refractivity contribution is -0.137. The number of carbonyl (C=O) groups excluding carboxylic acids is 2. The van der Waals surface area contributed by atoms with Crippen molar-refractivity contribution >= 4 is 29.0 Å². The topological polar surface area (TPSA) is 187 Å². The first-order valence-electron chi connectivity index (χ1n) is 13.6. The Morgan fingerprint density at radius 3 is 2.73 bits per heavy atom. The van der Waals surface area contributed by atoms with Gasteiger partial charge >= 0.3 is 6.09 Å². The summed E-state index contributed by atoms with van der Waals surface area (Å²) in [5, 5.41) is 23.6. The van der Waals surface area contributed by atoms with Gasteiger partial charge in [0.2, 0.25) is 5.82 Å². The number of aliphatic hydroxyl groups excluding tert-OH is 2. The maximum absolute atomic E-state index is 12.4. The molecule has 0 aromatic carbocycles. The Morgan fingerprint density at radius 2 is 2.00 bits per heavy atom. The standard InChI is InChI=1S/C26H35N7O7/c1-2-28-24(36)21-19(34)20(35)25(40-21)33-14-29-18-22(27)30-17(31-23(18)33)5-3-4-15-6-9-32(10-7-15)26(37)39-13-16-8-11-38-12-16/h14-16,19-21,25,34-35H,2,4,6-13H2,1H3,(H,28,36)(H2,27,30,31)/t16?,19-,20+,21-,25+/m0/s1. The largest absolute Gasteiger partial charge is 0.449 e. The smallest absolute Gasteiger partial charge is 0.409 e. The quantitative estimate of drug-likeness (QED) is 0.344. The van der Waals surface area contributed by atoms with Crippen LogP contribution in [-0.4, -0.2) is 104 Å². The number of hydrogen-bond acceptors (Lipinski definition) is 11. The fraction of sp³-hybridized carbons (Fsp3) is 0.654. The van der Waals surface area contributed by atoms with Crippen LogP contribution < -0.4 is 11.1 Å². The van der Waals surface area contributed by atoms with Crippen molar-refractivity contribution in [3.63, 3.8) is 0 Å². The second-order valence-electron chi connectivity index (χ2n) is 10.3. The average Bonchev–Trinajstić information content (AvgIpc) is 3.68. The van der Waals surface area contributed by atoms with Crippen LogP contribution in [0.2, 0.25) is 0 Å². The Kier molecular flexibility index (Phi) is 8.65. The molecule has 2 aromatic heterocycles. The molecule has 3 saturated heterocycles. The summed E-state index contributed by atoms with van der Waals surface area (Å²) in [4.78, 5) is 39.3. The molecule has 2 aromatic rings. The maximum Gasteiger partial charge on any atom is 0.409 e. The van der Waals surface area contributed by atoms with E-state index in [0.29, 0.717) is 45.2 Å². The molecule has 1 unspecified atom stereocenters. The van der Waals surface area contributed by atoms with E-state index in [4.69, 9.17) is 19.9 Å². The SMILES string of the molecule is CCNC(=O)[C@H]1O[C@@H](n2cnc3c(N)nc(C#CCC4CCN(C(=O)OCC5CCOC5)CC4)nc32)[C@H](O)[C@@H]1O. The van der Waals surface area contributed by atoms with Crippen molar-refractivity contribution < 1.29 is 34.0 Å². The molecule has 3 aliphatic heterocycles. The van der Waals surface area contributed by atoms with Crippen LogP contribution >= 0.6 is 0 Å². The lowest BCUT2D eigenvalue weighted by Gasteiger charge is -2.30. The van der Waals surface area contributed by atoms with Crippen LogP contribution in [0.5, 0.6) is 0 Å². The molecule has 14 nitrogen and oxygen atoms in total. The number of piperidine rings is 1. The first kappa shape index (κ1) is 28.0. The zero-order valence-corrected chi connectivity index (χ0v) is 22.4. The number of aliphatic hydroxyl groups is 2. The Hall–Kier alpha value is -3.51. The van der Waals surface area contributed by atoms with Crippen LogP contribution in [0.4, 0.5) is 10.6 Å². The van der Waals surface area contributed by atoms with Crippen LogP contribution in [0, 0.1) is 23.7 Å². The highest BCUT2D eigenvalue weighted by molar-refractivity contribution is 5.83. The number of anilines is 1. The van der Waals surface area contributed by atoms with Crippen LogP contribution in [0.3, 0.4) is 0 Å². The summed E-state index contributed by atoms with van der Waals surface area (Å²) in [6, 6.07) is 0. The summed E-state index contributed by atoms with van der Waals surface area (Å²) in [6.07, 6.45) is -0.909. The van der Waals surface area contributed by atoms with Gasteiger partial charge in [0.25, 0.3) is 5.91 Å². The molecule has 0 bridgehead atoms. The average molecular weight is 558 g/mol. The molecular weight excluding hydrogens is 522 g/mol. The van der Waals surface area contributed by atoms with Crippen molar-refractivity contribution in [2.24, 2.45) is 11.8 Å². The number of carbonyl (C=O) groups is 2. The van der Waals surface area contributed by atoms with E-state index >= 15 is 0 Å². The van der Waals surface area contributed by atoms with Gasteiger partial charge in [0.05, 0.1) is 19.5 Å². The van der Waals surface area contributed by atoms with Crippen molar-refractivity contribution in [2.45, 2.75) is 57.1 Å². The fourth-order valence-electron chi connectivity index (χ4n) is 5.15. The number of rotatable bonds is 6. The third-order valence-electron chi connectivity index (χ3n) is 7.50. The molecule has 5 atom stereocenters. The van der Waals surface area contributed by atoms with Crippen LogP contribution in [0.1, 0.15) is 44.7 Å². The molecule has 0 spiro atoms. The molecule has 14 heteroatoms. The first-order chi connectivity index (χ1) is 19.4. The third-order valence-corrected chi connectivity index (χ3v) is 7.50. The number of ether oxygens (including phenoxy) is 3. The van der Waals surface area contributed by atoms with E-state index in [1.807, 2.05) is 0 Å². The Labute approximate surface area is 231 Å². The number of nitrogen functional groups attached to an aromatic ring is 1. The lowest BCUT2D eigenvalue weighted by Crippen LogP contribution is -2.42. The zero-order chi connectivity index (χ0) is 28.2. The molecule has 40 heavy (non-hydrogen) atoms. The molecule has 2 amide bonds. The molecule has 0 radical (unpaired) electrons. The number of likely N-dealkylation sites (tertiary alicyclic amines) is 1. The Bertz CT molecular complexity index is 1280. The highest BCUT2D eigenvalue weighted by Gasteiger charge is 2.47. The molecule has 3 fully saturated rings. The van der Waals surface area contributed by atoms with Crippen LogP contribution in [0.15, 0.2) is 6.33 Å². The zero-order valence-electron chi connectivity index (χ0n) is 22.4. The Morgan fingerprint density at radius 1 is 1.20 bits per heavy atom. The minimum absolute atomic E-state index is 0.109. The molecule has 216 valence electrons. The Balaban J connectivity index is 1.19. The molecule has 5 N–H and O–H groups in total. The van der Waals surface area contributed by atoms with Gasteiger partial charge < -0.3 is 40.4 Å². The fourth-order valence-corrected chi connectivity index (χ4v) is 5.15. The summed E-state index contributed by atoms with van der Waals surface area (Å²) >= 11 is 0. The van der Waals surface area contributed by atoms with Gasteiger partial charge in [-0.2, -0.15) is 0 Å². The predicted molar refractivity (Wildman–Crippen MR) is 140 cm³/mol. The number of amides is 2. The predicted octanol–water partition coefficient (Wildman–Crippen LogP) is -0.209. The van der Waals surface area contributed by atoms with Gasteiger partial charge in [0.15, 0.2) is 23.8 Å². The van der Waals surface area contributed by atoms with Crippen molar-refractivity contribution in [2.75, 3.05) is 45.2 Å². The van der Waals surface area contributed by atoms with Crippen molar-refractivity contribution in [1.29, 1.82) is 0 Å².